The summed E-state index contributed by atoms with van der Waals surface area (Å²) in [6.45, 7) is 5.48. The number of nitrogens with zero attached hydrogens (tertiary/aromatic N) is 2. The third-order valence-corrected chi connectivity index (χ3v) is 5.89. The van der Waals surface area contributed by atoms with Gasteiger partial charge in [0.25, 0.3) is 0 Å². The Morgan fingerprint density at radius 2 is 1.29 bits per heavy atom. The van der Waals surface area contributed by atoms with Crippen LogP contribution in [0.1, 0.15) is 21.5 Å². The summed E-state index contributed by atoms with van der Waals surface area (Å²) in [6, 6.07) is 23.3. The summed E-state index contributed by atoms with van der Waals surface area (Å²) in [5, 5.41) is 0. The molecule has 1 fully saturated rings. The molecule has 0 aromatic heterocycles. The molecular formula is C27H32Cl2N2O4. The monoisotopic (exact) mass is 518 g/mol. The fourth-order valence-electron chi connectivity index (χ4n) is 4.09. The molecule has 8 heteroatoms. The number of halogens is 2. The molecule has 35 heavy (non-hydrogen) atoms. The van der Waals surface area contributed by atoms with E-state index in [1.165, 1.54) is 5.56 Å². The Labute approximate surface area is 219 Å². The van der Waals surface area contributed by atoms with E-state index in [1.54, 1.807) is 26.4 Å². The molecule has 6 nitrogen and oxygen atoms in total. The van der Waals surface area contributed by atoms with Crippen LogP contribution in [0.3, 0.4) is 0 Å². The van der Waals surface area contributed by atoms with E-state index in [-0.39, 0.29) is 24.8 Å². The van der Waals surface area contributed by atoms with Gasteiger partial charge in [-0.25, -0.2) is 4.79 Å². The van der Waals surface area contributed by atoms with Crippen LogP contribution in [0.25, 0.3) is 0 Å². The number of hydrogen-bond acceptors (Lipinski definition) is 6. The molecule has 1 aliphatic heterocycles. The first-order chi connectivity index (χ1) is 16.2. The molecule has 0 radical (unpaired) electrons. The van der Waals surface area contributed by atoms with E-state index in [0.717, 1.165) is 38.3 Å². The number of hydrogen-bond donors (Lipinski definition) is 0. The van der Waals surface area contributed by atoms with E-state index in [2.05, 4.69) is 34.1 Å². The number of methoxy groups -OCH3 is 2. The molecule has 1 heterocycles. The molecule has 188 valence electrons. The second-order valence-electron chi connectivity index (χ2n) is 8.08. The zero-order chi connectivity index (χ0) is 23.0. The summed E-state index contributed by atoms with van der Waals surface area (Å²) < 4.78 is 16.9. The smallest absolute Gasteiger partial charge is 0.343 e. The minimum atomic E-state index is -0.420. The number of ether oxygens (including phenoxy) is 3. The van der Waals surface area contributed by atoms with Gasteiger partial charge in [0, 0.05) is 44.8 Å². The van der Waals surface area contributed by atoms with Crippen molar-refractivity contribution in [2.45, 2.75) is 13.1 Å². The van der Waals surface area contributed by atoms with Gasteiger partial charge in [-0.2, -0.15) is 0 Å². The van der Waals surface area contributed by atoms with E-state index in [9.17, 15) is 4.79 Å². The molecule has 0 N–H and O–H groups in total. The standard InChI is InChI=1S/C27H30N2O4.2ClH/c1-31-24-14-13-23(25(26(24)32-2)33-27(30)22-11-7-4-8-12-22)20-29-17-15-28(16-18-29)19-21-9-5-3-6-10-21;;/h3-14H,15-20H2,1-2H3;2*1H. The third kappa shape index (κ3) is 7.36. The quantitative estimate of drug-likeness (QED) is 0.306. The molecule has 4 rings (SSSR count). The van der Waals surface area contributed by atoms with E-state index in [0.29, 0.717) is 29.4 Å². The molecule has 0 aliphatic carbocycles. The summed E-state index contributed by atoms with van der Waals surface area (Å²) >= 11 is 0. The molecule has 3 aromatic carbocycles. The maximum absolute atomic E-state index is 12.8. The Bertz CT molecular complexity index is 1060. The summed E-state index contributed by atoms with van der Waals surface area (Å²) in [7, 11) is 3.14. The second-order valence-corrected chi connectivity index (χ2v) is 8.08. The Kier molecular flexibility index (Phi) is 11.3. The Balaban J connectivity index is 0.00000216. The van der Waals surface area contributed by atoms with Crippen molar-refractivity contribution in [3.8, 4) is 17.2 Å². The molecule has 0 unspecified atom stereocenters. The highest BCUT2D eigenvalue weighted by Gasteiger charge is 2.24. The van der Waals surface area contributed by atoms with Crippen LogP contribution >= 0.6 is 24.8 Å². The SMILES string of the molecule is COc1ccc(CN2CCN(Cc3ccccc3)CC2)c(OC(=O)c2ccccc2)c1OC.Cl.Cl. The lowest BCUT2D eigenvalue weighted by molar-refractivity contribution is 0.0723. The first kappa shape index (κ1) is 28.5. The first-order valence-electron chi connectivity index (χ1n) is 11.2. The summed E-state index contributed by atoms with van der Waals surface area (Å²) in [4.78, 5) is 17.7. The van der Waals surface area contributed by atoms with Crippen LogP contribution in [0.4, 0.5) is 0 Å². The van der Waals surface area contributed by atoms with E-state index >= 15 is 0 Å². The molecule has 0 spiro atoms. The van der Waals surface area contributed by atoms with Crippen LogP contribution in [0, 0.1) is 0 Å². The third-order valence-electron chi connectivity index (χ3n) is 5.89. The van der Waals surface area contributed by atoms with Crippen LogP contribution in [-0.2, 0) is 13.1 Å². The van der Waals surface area contributed by atoms with Gasteiger partial charge < -0.3 is 14.2 Å². The summed E-state index contributed by atoms with van der Waals surface area (Å²) in [6.07, 6.45) is 0. The topological polar surface area (TPSA) is 51.2 Å². The number of carbonyl (C=O) groups excluding carboxylic acids is 1. The molecular weight excluding hydrogens is 487 g/mol. The number of piperazine rings is 1. The molecule has 0 bridgehead atoms. The van der Waals surface area contributed by atoms with Crippen molar-refractivity contribution in [1.82, 2.24) is 9.80 Å². The highest BCUT2D eigenvalue weighted by Crippen LogP contribution is 2.41. The van der Waals surface area contributed by atoms with Gasteiger partial charge in [0.15, 0.2) is 11.5 Å². The zero-order valence-corrected chi connectivity index (χ0v) is 21.6. The lowest BCUT2D eigenvalue weighted by Crippen LogP contribution is -2.45. The summed E-state index contributed by atoms with van der Waals surface area (Å²) in [5.74, 6) is 0.959. The zero-order valence-electron chi connectivity index (χ0n) is 20.0. The molecule has 0 amide bonds. The maximum Gasteiger partial charge on any atom is 0.343 e. The van der Waals surface area contributed by atoms with Crippen molar-refractivity contribution in [2.24, 2.45) is 0 Å². The normalized spacial score (nSPS) is 13.8. The van der Waals surface area contributed by atoms with Gasteiger partial charge in [0.2, 0.25) is 5.75 Å². The number of esters is 1. The fraction of sp³-hybridized carbons (Fsp3) is 0.296. The van der Waals surface area contributed by atoms with Crippen molar-refractivity contribution >= 4 is 30.8 Å². The van der Waals surface area contributed by atoms with E-state index in [1.807, 2.05) is 36.4 Å². The minimum absolute atomic E-state index is 0. The average molecular weight is 519 g/mol. The highest BCUT2D eigenvalue weighted by molar-refractivity contribution is 5.91. The van der Waals surface area contributed by atoms with Gasteiger partial charge in [-0.1, -0.05) is 54.6 Å². The molecule has 0 saturated carbocycles. The number of carbonyl (C=O) groups is 1. The predicted molar refractivity (Wildman–Crippen MR) is 142 cm³/mol. The molecule has 0 atom stereocenters. The predicted octanol–water partition coefficient (Wildman–Crippen LogP) is 5.08. The van der Waals surface area contributed by atoms with E-state index < -0.39 is 5.97 Å². The lowest BCUT2D eigenvalue weighted by Gasteiger charge is -2.35. The van der Waals surface area contributed by atoms with Crippen LogP contribution in [-0.4, -0.2) is 56.2 Å². The lowest BCUT2D eigenvalue weighted by atomic mass is 10.1. The van der Waals surface area contributed by atoms with Gasteiger partial charge in [0.05, 0.1) is 19.8 Å². The maximum atomic E-state index is 12.8. The van der Waals surface area contributed by atoms with Crippen LogP contribution in [0.2, 0.25) is 0 Å². The van der Waals surface area contributed by atoms with Crippen LogP contribution in [0.5, 0.6) is 17.2 Å². The van der Waals surface area contributed by atoms with Gasteiger partial charge >= 0.3 is 5.97 Å². The van der Waals surface area contributed by atoms with E-state index in [4.69, 9.17) is 14.2 Å². The molecule has 3 aromatic rings. The molecule has 1 aliphatic rings. The van der Waals surface area contributed by atoms with Gasteiger partial charge in [-0.3, -0.25) is 9.80 Å². The fourth-order valence-corrected chi connectivity index (χ4v) is 4.09. The average Bonchev–Trinajstić information content (AvgIpc) is 2.87. The second kappa shape index (κ2) is 14.0. The highest BCUT2D eigenvalue weighted by atomic mass is 35.5. The van der Waals surface area contributed by atoms with Crippen molar-refractivity contribution in [2.75, 3.05) is 40.4 Å². The molecule has 1 saturated heterocycles. The number of rotatable bonds is 8. The number of benzene rings is 3. The first-order valence-corrected chi connectivity index (χ1v) is 11.2. The van der Waals surface area contributed by atoms with Gasteiger partial charge in [0.1, 0.15) is 0 Å². The van der Waals surface area contributed by atoms with Gasteiger partial charge in [-0.15, -0.1) is 24.8 Å². The largest absolute Gasteiger partial charge is 0.493 e. The van der Waals surface area contributed by atoms with Crippen molar-refractivity contribution in [3.05, 3.63) is 89.5 Å². The Morgan fingerprint density at radius 3 is 1.86 bits per heavy atom. The van der Waals surface area contributed by atoms with Crippen molar-refractivity contribution in [1.29, 1.82) is 0 Å². The Morgan fingerprint density at radius 1 is 0.714 bits per heavy atom. The minimum Gasteiger partial charge on any atom is -0.493 e. The van der Waals surface area contributed by atoms with Crippen LogP contribution in [0.15, 0.2) is 72.8 Å². The van der Waals surface area contributed by atoms with Crippen molar-refractivity contribution in [3.63, 3.8) is 0 Å². The van der Waals surface area contributed by atoms with Crippen molar-refractivity contribution < 1.29 is 19.0 Å². The van der Waals surface area contributed by atoms with Crippen LogP contribution < -0.4 is 14.2 Å². The summed E-state index contributed by atoms with van der Waals surface area (Å²) in [5.41, 5.74) is 2.72. The Hall–Kier alpha value is -2.77. The van der Waals surface area contributed by atoms with Gasteiger partial charge in [-0.05, 0) is 23.8 Å².